The number of halogens is 3. The molecule has 0 fully saturated rings. The van der Waals surface area contributed by atoms with Gasteiger partial charge in [-0.3, -0.25) is 4.79 Å². The molecule has 2 atom stereocenters. The number of nitrogens with one attached hydrogen (secondary N) is 1. The molecule has 0 heterocycles. The Morgan fingerprint density at radius 3 is 2.60 bits per heavy atom. The Morgan fingerprint density at radius 2 is 2.10 bits per heavy atom. The molecule has 1 rings (SSSR count). The summed E-state index contributed by atoms with van der Waals surface area (Å²) < 4.78 is 42.5. The van der Waals surface area contributed by atoms with Crippen molar-refractivity contribution in [1.29, 1.82) is 0 Å². The second kappa shape index (κ2) is 6.60. The molecule has 0 aliphatic heterocycles. The fraction of sp³-hybridized carbons (Fsp3) is 0.462. The van der Waals surface area contributed by atoms with Gasteiger partial charge in [-0.2, -0.15) is 13.2 Å². The molecule has 20 heavy (non-hydrogen) atoms. The summed E-state index contributed by atoms with van der Waals surface area (Å²) in [5, 5.41) is 11.2. The molecule has 1 unspecified atom stereocenters. The third-order valence-electron chi connectivity index (χ3n) is 2.92. The van der Waals surface area contributed by atoms with Gasteiger partial charge in [0, 0.05) is 12.6 Å². The summed E-state index contributed by atoms with van der Waals surface area (Å²) in [5.41, 5.74) is 0.718. The zero-order valence-electron chi connectivity index (χ0n) is 11.1. The topological polar surface area (TPSA) is 58.6 Å². The third-order valence-corrected chi connectivity index (χ3v) is 2.92. The Kier molecular flexibility index (Phi) is 5.38. The number of ether oxygens (including phenoxy) is 1. The summed E-state index contributed by atoms with van der Waals surface area (Å²) >= 11 is 0. The molecule has 0 amide bonds. The van der Waals surface area contributed by atoms with Crippen molar-refractivity contribution >= 4 is 5.97 Å². The standard InChI is InChI=1S/C13H16F3NO3/c1-8(9-4-3-5-10(6-9)20-2)17-7-11(12(18)19)13(14,15)16/h3-6,8,11,17H,7H2,1-2H3,(H,18,19)/t8-,11?/m1/s1. The third kappa shape index (κ3) is 4.41. The fourth-order valence-corrected chi connectivity index (χ4v) is 1.67. The molecule has 0 radical (unpaired) electrons. The van der Waals surface area contributed by atoms with Gasteiger partial charge in [-0.15, -0.1) is 0 Å². The van der Waals surface area contributed by atoms with E-state index in [-0.39, 0.29) is 0 Å². The number of carboxylic acid groups (broad SMARTS) is 1. The van der Waals surface area contributed by atoms with E-state index in [4.69, 9.17) is 9.84 Å². The Bertz CT molecular complexity index is 462. The van der Waals surface area contributed by atoms with E-state index in [9.17, 15) is 18.0 Å². The van der Waals surface area contributed by atoms with Crippen molar-refractivity contribution in [2.24, 2.45) is 5.92 Å². The largest absolute Gasteiger partial charge is 0.497 e. The van der Waals surface area contributed by atoms with Crippen molar-refractivity contribution in [3.63, 3.8) is 0 Å². The number of carbonyl (C=O) groups is 1. The second-order valence-corrected chi connectivity index (χ2v) is 4.34. The number of hydrogen-bond acceptors (Lipinski definition) is 3. The van der Waals surface area contributed by atoms with Gasteiger partial charge < -0.3 is 15.2 Å². The molecule has 0 bridgehead atoms. The molecule has 0 spiro atoms. The predicted octanol–water partition coefficient (Wildman–Crippen LogP) is 2.61. The molecule has 0 saturated carbocycles. The highest BCUT2D eigenvalue weighted by Crippen LogP contribution is 2.27. The van der Waals surface area contributed by atoms with E-state index in [1.165, 1.54) is 7.11 Å². The minimum absolute atomic E-state index is 0.422. The average molecular weight is 291 g/mol. The first-order valence-electron chi connectivity index (χ1n) is 5.92. The lowest BCUT2D eigenvalue weighted by Crippen LogP contribution is -2.39. The summed E-state index contributed by atoms with van der Waals surface area (Å²) in [5.74, 6) is -3.72. The minimum Gasteiger partial charge on any atom is -0.497 e. The number of methoxy groups -OCH3 is 1. The van der Waals surface area contributed by atoms with E-state index in [0.29, 0.717) is 5.75 Å². The maximum absolute atomic E-state index is 12.5. The van der Waals surface area contributed by atoms with Gasteiger partial charge in [-0.05, 0) is 24.6 Å². The zero-order chi connectivity index (χ0) is 15.3. The van der Waals surface area contributed by atoms with Crippen LogP contribution in [0.15, 0.2) is 24.3 Å². The van der Waals surface area contributed by atoms with Crippen molar-refractivity contribution < 1.29 is 27.8 Å². The van der Waals surface area contributed by atoms with Gasteiger partial charge in [-0.1, -0.05) is 12.1 Å². The molecular formula is C13H16F3NO3. The molecule has 0 aliphatic rings. The molecular weight excluding hydrogens is 275 g/mol. The lowest BCUT2D eigenvalue weighted by molar-refractivity contribution is -0.192. The summed E-state index contributed by atoms with van der Waals surface area (Å²) in [7, 11) is 1.49. The molecule has 0 aliphatic carbocycles. The summed E-state index contributed by atoms with van der Waals surface area (Å²) in [6.45, 7) is 0.973. The Morgan fingerprint density at radius 1 is 1.45 bits per heavy atom. The highest BCUT2D eigenvalue weighted by molar-refractivity contribution is 5.71. The van der Waals surface area contributed by atoms with Crippen LogP contribution in [0.4, 0.5) is 13.2 Å². The van der Waals surface area contributed by atoms with Crippen molar-refractivity contribution in [3.8, 4) is 5.75 Å². The predicted molar refractivity (Wildman–Crippen MR) is 66.6 cm³/mol. The molecule has 112 valence electrons. The van der Waals surface area contributed by atoms with Crippen LogP contribution in [-0.2, 0) is 4.79 Å². The molecule has 7 heteroatoms. The van der Waals surface area contributed by atoms with E-state index in [1.54, 1.807) is 31.2 Å². The highest BCUT2D eigenvalue weighted by atomic mass is 19.4. The molecule has 4 nitrogen and oxygen atoms in total. The van der Waals surface area contributed by atoms with Crippen LogP contribution in [-0.4, -0.2) is 30.9 Å². The van der Waals surface area contributed by atoms with Gasteiger partial charge >= 0.3 is 12.1 Å². The number of carboxylic acids is 1. The Balaban J connectivity index is 2.70. The first-order chi connectivity index (χ1) is 9.25. The SMILES string of the molecule is COc1cccc([C@@H](C)NCC(C(=O)O)C(F)(F)F)c1. The van der Waals surface area contributed by atoms with Crippen LogP contribution in [0.5, 0.6) is 5.75 Å². The minimum atomic E-state index is -4.77. The van der Waals surface area contributed by atoms with Crippen LogP contribution < -0.4 is 10.1 Å². The number of alkyl halides is 3. The molecule has 0 saturated heterocycles. The van der Waals surface area contributed by atoms with Crippen LogP contribution in [0.1, 0.15) is 18.5 Å². The van der Waals surface area contributed by atoms with Gasteiger partial charge in [0.15, 0.2) is 5.92 Å². The summed E-state index contributed by atoms with van der Waals surface area (Å²) in [4.78, 5) is 10.6. The molecule has 1 aromatic rings. The maximum atomic E-state index is 12.5. The maximum Gasteiger partial charge on any atom is 0.403 e. The van der Waals surface area contributed by atoms with E-state index in [2.05, 4.69) is 5.32 Å². The van der Waals surface area contributed by atoms with Crippen molar-refractivity contribution in [3.05, 3.63) is 29.8 Å². The monoisotopic (exact) mass is 291 g/mol. The Labute approximate surface area is 114 Å². The molecule has 2 N–H and O–H groups in total. The zero-order valence-corrected chi connectivity index (χ0v) is 11.1. The van der Waals surface area contributed by atoms with E-state index in [1.807, 2.05) is 0 Å². The number of hydrogen-bond donors (Lipinski definition) is 2. The van der Waals surface area contributed by atoms with Crippen molar-refractivity contribution in [1.82, 2.24) is 5.32 Å². The van der Waals surface area contributed by atoms with Crippen molar-refractivity contribution in [2.75, 3.05) is 13.7 Å². The average Bonchev–Trinajstić information content (AvgIpc) is 2.36. The quantitative estimate of drug-likeness (QED) is 0.846. The van der Waals surface area contributed by atoms with Crippen molar-refractivity contribution in [2.45, 2.75) is 19.1 Å². The Hall–Kier alpha value is -1.76. The van der Waals surface area contributed by atoms with Gasteiger partial charge in [0.2, 0.25) is 0 Å². The van der Waals surface area contributed by atoms with Crippen LogP contribution in [0.25, 0.3) is 0 Å². The smallest absolute Gasteiger partial charge is 0.403 e. The van der Waals surface area contributed by atoms with Crippen LogP contribution in [0.2, 0.25) is 0 Å². The molecule has 0 aromatic heterocycles. The van der Waals surface area contributed by atoms with E-state index < -0.39 is 30.7 Å². The number of aliphatic carboxylic acids is 1. The summed E-state index contributed by atoms with van der Waals surface area (Å²) in [6, 6.07) is 6.41. The number of benzene rings is 1. The molecule has 1 aromatic carbocycles. The highest BCUT2D eigenvalue weighted by Gasteiger charge is 2.44. The fourth-order valence-electron chi connectivity index (χ4n) is 1.67. The number of rotatable bonds is 6. The normalized spacial score (nSPS) is 14.7. The lowest BCUT2D eigenvalue weighted by Gasteiger charge is -2.20. The van der Waals surface area contributed by atoms with Crippen LogP contribution in [0.3, 0.4) is 0 Å². The van der Waals surface area contributed by atoms with E-state index in [0.717, 1.165) is 5.56 Å². The first kappa shape index (κ1) is 16.3. The van der Waals surface area contributed by atoms with Gasteiger partial charge in [0.1, 0.15) is 5.75 Å². The lowest BCUT2D eigenvalue weighted by atomic mass is 10.1. The summed E-state index contributed by atoms with van der Waals surface area (Å²) in [6.07, 6.45) is -4.77. The first-order valence-corrected chi connectivity index (χ1v) is 5.92. The van der Waals surface area contributed by atoms with Gasteiger partial charge in [0.25, 0.3) is 0 Å². The van der Waals surface area contributed by atoms with Crippen LogP contribution >= 0.6 is 0 Å². The van der Waals surface area contributed by atoms with Crippen LogP contribution in [0, 0.1) is 5.92 Å². The van der Waals surface area contributed by atoms with Gasteiger partial charge in [-0.25, -0.2) is 0 Å². The van der Waals surface area contributed by atoms with E-state index >= 15 is 0 Å². The van der Waals surface area contributed by atoms with Gasteiger partial charge in [0.05, 0.1) is 7.11 Å². The second-order valence-electron chi connectivity index (χ2n) is 4.34.